The van der Waals surface area contributed by atoms with Crippen molar-refractivity contribution in [2.75, 3.05) is 11.9 Å². The van der Waals surface area contributed by atoms with Crippen molar-refractivity contribution in [3.63, 3.8) is 0 Å². The maximum atomic E-state index is 12.5. The molecule has 5 rings (SSSR count). The van der Waals surface area contributed by atoms with Gasteiger partial charge in [0, 0.05) is 34.9 Å². The van der Waals surface area contributed by atoms with Crippen molar-refractivity contribution < 1.29 is 4.79 Å². The van der Waals surface area contributed by atoms with E-state index in [0.717, 1.165) is 22.5 Å². The fourth-order valence-electron chi connectivity index (χ4n) is 3.63. The second-order valence-corrected chi connectivity index (χ2v) is 7.66. The topological polar surface area (TPSA) is 56.9 Å². The van der Waals surface area contributed by atoms with Crippen molar-refractivity contribution in [1.82, 2.24) is 10.3 Å². The number of carbonyl (C=O) groups excluding carboxylic acids is 1. The Kier molecular flexibility index (Phi) is 3.79. The number of aromatic amines is 1. The zero-order valence-electron chi connectivity index (χ0n) is 14.7. The number of fused-ring (bicyclic) bond motifs is 1. The van der Waals surface area contributed by atoms with Crippen LogP contribution in [0, 0.1) is 5.92 Å². The lowest BCUT2D eigenvalue weighted by Gasteiger charge is -2.07. The lowest BCUT2D eigenvalue weighted by Crippen LogP contribution is -2.20. The Labute approximate surface area is 153 Å². The van der Waals surface area contributed by atoms with E-state index >= 15 is 0 Å². The molecule has 2 aromatic carbocycles. The third-order valence-electron chi connectivity index (χ3n) is 5.57. The Hall–Kier alpha value is -2.59. The lowest BCUT2D eigenvalue weighted by atomic mass is 10.1. The van der Waals surface area contributed by atoms with Gasteiger partial charge in [-0.1, -0.05) is 18.2 Å². The molecule has 1 aromatic heterocycles. The van der Waals surface area contributed by atoms with Crippen molar-refractivity contribution >= 4 is 22.5 Å². The van der Waals surface area contributed by atoms with Gasteiger partial charge >= 0.3 is 0 Å². The highest BCUT2D eigenvalue weighted by molar-refractivity contribution is 6.06. The molecule has 1 heterocycles. The Morgan fingerprint density at radius 3 is 2.73 bits per heavy atom. The number of anilines is 1. The van der Waals surface area contributed by atoms with Gasteiger partial charge in [0.05, 0.1) is 0 Å². The average Bonchev–Trinajstić information content (AvgIpc) is 3.57. The molecule has 2 saturated carbocycles. The van der Waals surface area contributed by atoms with E-state index in [1.165, 1.54) is 31.4 Å². The first-order valence-corrected chi connectivity index (χ1v) is 9.48. The maximum absolute atomic E-state index is 12.5. The van der Waals surface area contributed by atoms with Gasteiger partial charge < -0.3 is 15.6 Å². The standard InChI is InChI=1S/C22H23N3O/c26-22(17-4-3-16-9-10-23-20(16)11-17)25-18-7-5-15(6-8-18)19-12-21(19)24-13-14-1-2-14/h3-11,14,19,21,23-24H,1-2,12-13H2,(H,25,26)/t19-,21+/m0/s1. The normalized spacial score (nSPS) is 21.7. The molecule has 1 amide bonds. The predicted molar refractivity (Wildman–Crippen MR) is 105 cm³/mol. The molecule has 2 aliphatic rings. The molecule has 0 bridgehead atoms. The van der Waals surface area contributed by atoms with E-state index in [1.54, 1.807) is 0 Å². The van der Waals surface area contributed by atoms with Crippen LogP contribution in [0.25, 0.3) is 10.9 Å². The number of amides is 1. The van der Waals surface area contributed by atoms with Crippen molar-refractivity contribution in [3.05, 3.63) is 65.9 Å². The SMILES string of the molecule is O=C(Nc1ccc([C@@H]2C[C@H]2NCC2CC2)cc1)c1ccc2cc[nH]c2c1. The van der Waals surface area contributed by atoms with E-state index in [2.05, 4.69) is 27.8 Å². The molecule has 2 aliphatic carbocycles. The van der Waals surface area contributed by atoms with Crippen LogP contribution in [0.5, 0.6) is 0 Å². The van der Waals surface area contributed by atoms with Crippen molar-refractivity contribution in [3.8, 4) is 0 Å². The summed E-state index contributed by atoms with van der Waals surface area (Å²) in [5.74, 6) is 1.48. The third kappa shape index (κ3) is 3.25. The molecule has 3 aromatic rings. The number of hydrogen-bond donors (Lipinski definition) is 3. The van der Waals surface area contributed by atoms with Gasteiger partial charge in [-0.05, 0) is 73.0 Å². The Bertz CT molecular complexity index is 939. The smallest absolute Gasteiger partial charge is 0.255 e. The van der Waals surface area contributed by atoms with Crippen LogP contribution in [0.1, 0.15) is 41.1 Å². The highest BCUT2D eigenvalue weighted by Crippen LogP contribution is 2.41. The quantitative estimate of drug-likeness (QED) is 0.625. The third-order valence-corrected chi connectivity index (χ3v) is 5.57. The molecule has 0 aliphatic heterocycles. The molecular weight excluding hydrogens is 322 g/mol. The Morgan fingerprint density at radius 1 is 1.08 bits per heavy atom. The van der Waals surface area contributed by atoms with E-state index in [9.17, 15) is 4.79 Å². The fourth-order valence-corrected chi connectivity index (χ4v) is 3.63. The zero-order valence-corrected chi connectivity index (χ0v) is 14.7. The van der Waals surface area contributed by atoms with Crippen LogP contribution >= 0.6 is 0 Å². The number of benzene rings is 2. The van der Waals surface area contributed by atoms with E-state index < -0.39 is 0 Å². The molecule has 0 unspecified atom stereocenters. The van der Waals surface area contributed by atoms with Gasteiger partial charge in [0.1, 0.15) is 0 Å². The summed E-state index contributed by atoms with van der Waals surface area (Å²) >= 11 is 0. The molecule has 3 N–H and O–H groups in total. The van der Waals surface area contributed by atoms with Gasteiger partial charge in [-0.2, -0.15) is 0 Å². The number of nitrogens with one attached hydrogen (secondary N) is 3. The van der Waals surface area contributed by atoms with Gasteiger partial charge in [0.2, 0.25) is 0 Å². The predicted octanol–water partition coefficient (Wildman–Crippen LogP) is 4.28. The van der Waals surface area contributed by atoms with Crippen LogP contribution < -0.4 is 10.6 Å². The molecule has 4 heteroatoms. The Morgan fingerprint density at radius 2 is 1.92 bits per heavy atom. The molecule has 26 heavy (non-hydrogen) atoms. The summed E-state index contributed by atoms with van der Waals surface area (Å²) in [4.78, 5) is 15.6. The molecule has 0 saturated heterocycles. The van der Waals surface area contributed by atoms with Crippen LogP contribution in [0.2, 0.25) is 0 Å². The second-order valence-electron chi connectivity index (χ2n) is 7.66. The molecule has 2 atom stereocenters. The monoisotopic (exact) mass is 345 g/mol. The lowest BCUT2D eigenvalue weighted by molar-refractivity contribution is 0.102. The first-order valence-electron chi connectivity index (χ1n) is 9.48. The molecular formula is C22H23N3O. The zero-order chi connectivity index (χ0) is 17.5. The summed E-state index contributed by atoms with van der Waals surface area (Å²) in [6.07, 6.45) is 5.91. The van der Waals surface area contributed by atoms with Crippen LogP contribution in [-0.2, 0) is 0 Å². The first kappa shape index (κ1) is 15.6. The van der Waals surface area contributed by atoms with Crippen molar-refractivity contribution in [2.45, 2.75) is 31.2 Å². The van der Waals surface area contributed by atoms with E-state index in [-0.39, 0.29) is 5.91 Å². The minimum Gasteiger partial charge on any atom is -0.361 e. The first-order chi connectivity index (χ1) is 12.8. The molecule has 4 nitrogen and oxygen atoms in total. The van der Waals surface area contributed by atoms with Gasteiger partial charge in [-0.25, -0.2) is 0 Å². The molecule has 2 fully saturated rings. The molecule has 132 valence electrons. The summed E-state index contributed by atoms with van der Waals surface area (Å²) in [6.45, 7) is 1.18. The van der Waals surface area contributed by atoms with Gasteiger partial charge in [-0.15, -0.1) is 0 Å². The van der Waals surface area contributed by atoms with Gasteiger partial charge in [-0.3, -0.25) is 4.79 Å². The van der Waals surface area contributed by atoms with E-state index in [1.807, 2.05) is 42.6 Å². The van der Waals surface area contributed by atoms with E-state index in [4.69, 9.17) is 0 Å². The highest BCUT2D eigenvalue weighted by atomic mass is 16.1. The average molecular weight is 345 g/mol. The number of H-pyrrole nitrogens is 1. The summed E-state index contributed by atoms with van der Waals surface area (Å²) in [5, 5.41) is 7.78. The number of carbonyl (C=O) groups is 1. The van der Waals surface area contributed by atoms with Crippen LogP contribution in [0.15, 0.2) is 54.7 Å². The van der Waals surface area contributed by atoms with Crippen molar-refractivity contribution in [1.29, 1.82) is 0 Å². The number of aromatic nitrogens is 1. The van der Waals surface area contributed by atoms with Crippen LogP contribution in [0.3, 0.4) is 0 Å². The van der Waals surface area contributed by atoms with Gasteiger partial charge in [0.15, 0.2) is 0 Å². The van der Waals surface area contributed by atoms with Crippen LogP contribution in [-0.4, -0.2) is 23.5 Å². The van der Waals surface area contributed by atoms with E-state index in [0.29, 0.717) is 17.5 Å². The minimum atomic E-state index is -0.0790. The molecule has 0 radical (unpaired) electrons. The highest BCUT2D eigenvalue weighted by Gasteiger charge is 2.38. The summed E-state index contributed by atoms with van der Waals surface area (Å²) in [5.41, 5.74) is 3.85. The van der Waals surface area contributed by atoms with Crippen molar-refractivity contribution in [2.24, 2.45) is 5.92 Å². The largest absolute Gasteiger partial charge is 0.361 e. The summed E-state index contributed by atoms with van der Waals surface area (Å²) < 4.78 is 0. The second kappa shape index (κ2) is 6.29. The Balaban J connectivity index is 1.21. The maximum Gasteiger partial charge on any atom is 0.255 e. The van der Waals surface area contributed by atoms with Gasteiger partial charge in [0.25, 0.3) is 5.91 Å². The fraction of sp³-hybridized carbons (Fsp3) is 0.318. The summed E-state index contributed by atoms with van der Waals surface area (Å²) in [6, 6.07) is 16.7. The molecule has 0 spiro atoms. The number of rotatable bonds is 6. The summed E-state index contributed by atoms with van der Waals surface area (Å²) in [7, 11) is 0. The minimum absolute atomic E-state index is 0.0790. The number of hydrogen-bond acceptors (Lipinski definition) is 2. The van der Waals surface area contributed by atoms with Crippen LogP contribution in [0.4, 0.5) is 5.69 Å².